The predicted octanol–water partition coefficient (Wildman–Crippen LogP) is 2.70. The fraction of sp³-hybridized carbons (Fsp3) is 0.154. The molecule has 0 aliphatic carbocycles. The number of hydrogen-bond donors (Lipinski definition) is 0. The standard InChI is InChI=1S/C26H17ClF3N7O3/c1-34-12-32-21(33-34)11-37-25(39)22-20(36(26(37)40)10-14-6-17(28)23(30)18(29)7-14)8-19(35(2)24(22)38)15-5-13(9-31)3-4-16(15)27/h3-8,12H,10-11H2,1-2H3. The number of nitrogens with zero attached hydrogens (tertiary/aromatic N) is 7. The lowest BCUT2D eigenvalue weighted by Crippen LogP contribution is -2.43. The van der Waals surface area contributed by atoms with Crippen LogP contribution in [-0.2, 0) is 27.2 Å². The van der Waals surface area contributed by atoms with Gasteiger partial charge in [0.15, 0.2) is 23.3 Å². The first-order valence-corrected chi connectivity index (χ1v) is 11.9. The number of rotatable bonds is 5. The van der Waals surface area contributed by atoms with E-state index in [9.17, 15) is 32.8 Å². The molecule has 5 aromatic rings. The Morgan fingerprint density at radius 1 is 0.950 bits per heavy atom. The Bertz CT molecular complexity index is 2050. The van der Waals surface area contributed by atoms with Crippen LogP contribution >= 0.6 is 11.6 Å². The van der Waals surface area contributed by atoms with Gasteiger partial charge in [0, 0.05) is 24.7 Å². The maximum atomic E-state index is 14.0. The average molecular weight is 568 g/mol. The Morgan fingerprint density at radius 2 is 1.65 bits per heavy atom. The first-order chi connectivity index (χ1) is 19.0. The summed E-state index contributed by atoms with van der Waals surface area (Å²) in [6, 6.07) is 9.11. The lowest BCUT2D eigenvalue weighted by Gasteiger charge is -2.17. The quantitative estimate of drug-likeness (QED) is 0.301. The Morgan fingerprint density at radius 3 is 2.27 bits per heavy atom. The van der Waals surface area contributed by atoms with E-state index in [2.05, 4.69) is 10.1 Å². The maximum Gasteiger partial charge on any atom is 0.332 e. The minimum Gasteiger partial charge on any atom is -0.310 e. The van der Waals surface area contributed by atoms with Crippen LogP contribution in [0.3, 0.4) is 0 Å². The van der Waals surface area contributed by atoms with Gasteiger partial charge in [0.2, 0.25) is 0 Å². The third-order valence-electron chi connectivity index (χ3n) is 6.32. The fourth-order valence-electron chi connectivity index (χ4n) is 4.39. The van der Waals surface area contributed by atoms with Crippen LogP contribution in [0.1, 0.15) is 17.0 Å². The number of pyridine rings is 1. The maximum absolute atomic E-state index is 14.0. The number of fused-ring (bicyclic) bond motifs is 1. The third kappa shape index (κ3) is 4.48. The van der Waals surface area contributed by atoms with Crippen LogP contribution in [0.5, 0.6) is 0 Å². The van der Waals surface area contributed by atoms with Crippen molar-refractivity contribution in [3.63, 3.8) is 0 Å². The van der Waals surface area contributed by atoms with E-state index in [1.54, 1.807) is 7.05 Å². The topological polar surface area (TPSA) is 120 Å². The summed E-state index contributed by atoms with van der Waals surface area (Å²) in [6.07, 6.45) is 1.36. The monoisotopic (exact) mass is 567 g/mol. The second-order valence-corrected chi connectivity index (χ2v) is 9.34. The third-order valence-corrected chi connectivity index (χ3v) is 6.65. The molecule has 0 atom stereocenters. The summed E-state index contributed by atoms with van der Waals surface area (Å²) in [5.41, 5.74) is -2.33. The van der Waals surface area contributed by atoms with Gasteiger partial charge in [0.25, 0.3) is 11.1 Å². The number of aromatic nitrogens is 6. The zero-order chi connectivity index (χ0) is 28.9. The molecule has 0 bridgehead atoms. The van der Waals surface area contributed by atoms with E-state index in [1.165, 1.54) is 42.3 Å². The highest BCUT2D eigenvalue weighted by molar-refractivity contribution is 6.33. The Labute approximate surface area is 227 Å². The summed E-state index contributed by atoms with van der Waals surface area (Å²) in [5, 5.41) is 13.2. The van der Waals surface area contributed by atoms with Crippen molar-refractivity contribution in [3.05, 3.63) is 113 Å². The molecule has 0 spiro atoms. The molecule has 0 N–H and O–H groups in total. The fourth-order valence-corrected chi connectivity index (χ4v) is 4.61. The number of hydrogen-bond acceptors (Lipinski definition) is 6. The average Bonchev–Trinajstić information content (AvgIpc) is 3.34. The van der Waals surface area contributed by atoms with E-state index in [1.807, 2.05) is 6.07 Å². The SMILES string of the molecule is Cn1cnc(Cn2c(=O)c3c(=O)n(C)c(-c4cc(C#N)ccc4Cl)cc3n(Cc3cc(F)c(F)c(F)c3)c2=O)n1. The van der Waals surface area contributed by atoms with Gasteiger partial charge in [-0.1, -0.05) is 11.6 Å². The van der Waals surface area contributed by atoms with Crippen molar-refractivity contribution >= 4 is 22.5 Å². The molecule has 0 fully saturated rings. The lowest BCUT2D eigenvalue weighted by molar-refractivity contribution is 0.444. The predicted molar refractivity (Wildman–Crippen MR) is 138 cm³/mol. The summed E-state index contributed by atoms with van der Waals surface area (Å²) in [4.78, 5) is 44.9. The van der Waals surface area contributed by atoms with E-state index in [-0.39, 0.29) is 38.7 Å². The van der Waals surface area contributed by atoms with Crippen molar-refractivity contribution in [1.29, 1.82) is 5.26 Å². The smallest absolute Gasteiger partial charge is 0.310 e. The normalized spacial score (nSPS) is 11.2. The van der Waals surface area contributed by atoms with Gasteiger partial charge >= 0.3 is 5.69 Å². The van der Waals surface area contributed by atoms with E-state index >= 15 is 0 Å². The second-order valence-electron chi connectivity index (χ2n) is 8.93. The van der Waals surface area contributed by atoms with E-state index in [0.29, 0.717) is 12.1 Å². The highest BCUT2D eigenvalue weighted by Crippen LogP contribution is 2.29. The van der Waals surface area contributed by atoms with Crippen molar-refractivity contribution in [3.8, 4) is 17.3 Å². The van der Waals surface area contributed by atoms with E-state index in [0.717, 1.165) is 13.7 Å². The molecule has 5 rings (SSSR count). The molecule has 0 amide bonds. The molecule has 10 nitrogen and oxygen atoms in total. The van der Waals surface area contributed by atoms with Crippen molar-refractivity contribution < 1.29 is 13.2 Å². The van der Waals surface area contributed by atoms with Gasteiger partial charge in [-0.25, -0.2) is 22.9 Å². The molecular weight excluding hydrogens is 551 g/mol. The van der Waals surface area contributed by atoms with Crippen molar-refractivity contribution in [1.82, 2.24) is 28.5 Å². The van der Waals surface area contributed by atoms with Crippen LogP contribution in [0.15, 0.2) is 57.1 Å². The molecular formula is C26H17ClF3N7O3. The van der Waals surface area contributed by atoms with Gasteiger partial charge in [-0.15, -0.1) is 0 Å². The Hall–Kier alpha value is -4.96. The van der Waals surface area contributed by atoms with Crippen molar-refractivity contribution in [2.24, 2.45) is 14.1 Å². The van der Waals surface area contributed by atoms with E-state index in [4.69, 9.17) is 11.6 Å². The molecule has 0 aliphatic heterocycles. The molecule has 2 aromatic carbocycles. The number of benzene rings is 2. The van der Waals surface area contributed by atoms with Crippen LogP contribution < -0.4 is 16.8 Å². The minimum absolute atomic E-state index is 0.0972. The molecule has 202 valence electrons. The molecule has 0 unspecified atom stereocenters. The molecule has 14 heteroatoms. The van der Waals surface area contributed by atoms with Gasteiger partial charge in [0.1, 0.15) is 11.7 Å². The van der Waals surface area contributed by atoms with Gasteiger partial charge < -0.3 is 4.57 Å². The zero-order valence-corrected chi connectivity index (χ0v) is 21.6. The van der Waals surface area contributed by atoms with Gasteiger partial charge in [-0.2, -0.15) is 10.4 Å². The first kappa shape index (κ1) is 26.6. The molecule has 0 saturated heterocycles. The Kier molecular flexibility index (Phi) is 6.64. The highest BCUT2D eigenvalue weighted by Gasteiger charge is 2.22. The second kappa shape index (κ2) is 9.97. The number of nitriles is 1. The summed E-state index contributed by atoms with van der Waals surface area (Å²) in [7, 11) is 2.97. The van der Waals surface area contributed by atoms with Crippen LogP contribution in [0.25, 0.3) is 22.2 Å². The molecule has 0 radical (unpaired) electrons. The zero-order valence-electron chi connectivity index (χ0n) is 20.8. The molecule has 3 heterocycles. The van der Waals surface area contributed by atoms with Crippen LogP contribution in [0.4, 0.5) is 13.2 Å². The van der Waals surface area contributed by atoms with Gasteiger partial charge in [0.05, 0.1) is 35.9 Å². The summed E-state index contributed by atoms with van der Waals surface area (Å²) < 4.78 is 45.9. The van der Waals surface area contributed by atoms with Crippen LogP contribution in [0, 0.1) is 28.8 Å². The summed E-state index contributed by atoms with van der Waals surface area (Å²) in [5.74, 6) is -4.54. The molecule has 3 aromatic heterocycles. The highest BCUT2D eigenvalue weighted by atomic mass is 35.5. The number of halogens is 4. The Balaban J connectivity index is 1.86. The van der Waals surface area contributed by atoms with Crippen molar-refractivity contribution in [2.75, 3.05) is 0 Å². The van der Waals surface area contributed by atoms with Gasteiger partial charge in [-0.05, 0) is 42.0 Å². The van der Waals surface area contributed by atoms with Crippen LogP contribution in [0.2, 0.25) is 5.02 Å². The number of aryl methyl sites for hydroxylation is 1. The minimum atomic E-state index is -1.68. The van der Waals surface area contributed by atoms with Crippen LogP contribution in [-0.4, -0.2) is 28.5 Å². The van der Waals surface area contributed by atoms with E-state index < -0.39 is 52.7 Å². The summed E-state index contributed by atoms with van der Waals surface area (Å²) in [6.45, 7) is -0.931. The molecule has 0 aliphatic rings. The first-order valence-electron chi connectivity index (χ1n) is 11.6. The molecule has 40 heavy (non-hydrogen) atoms. The summed E-state index contributed by atoms with van der Waals surface area (Å²) >= 11 is 6.37. The lowest BCUT2D eigenvalue weighted by atomic mass is 10.1. The molecule has 0 saturated carbocycles. The largest absolute Gasteiger partial charge is 0.332 e. The van der Waals surface area contributed by atoms with Gasteiger partial charge in [-0.3, -0.25) is 23.4 Å². The van der Waals surface area contributed by atoms with Crippen molar-refractivity contribution in [2.45, 2.75) is 13.1 Å².